The quantitative estimate of drug-likeness (QED) is 0.641. The Balaban J connectivity index is 1.57. The van der Waals surface area contributed by atoms with Gasteiger partial charge in [-0.05, 0) is 67.3 Å². The lowest BCUT2D eigenvalue weighted by atomic mass is 9.86. The van der Waals surface area contributed by atoms with Gasteiger partial charge in [0.25, 0.3) is 0 Å². The van der Waals surface area contributed by atoms with E-state index in [0.717, 1.165) is 29.3 Å². The molecule has 3 fully saturated rings. The van der Waals surface area contributed by atoms with Crippen LogP contribution in [0.2, 0.25) is 0 Å². The Morgan fingerprint density at radius 3 is 2.58 bits per heavy atom. The van der Waals surface area contributed by atoms with Crippen LogP contribution in [0.1, 0.15) is 48.0 Å². The van der Waals surface area contributed by atoms with E-state index in [9.17, 15) is 9.18 Å². The van der Waals surface area contributed by atoms with Crippen molar-refractivity contribution >= 4 is 11.5 Å². The lowest BCUT2D eigenvalue weighted by Gasteiger charge is -2.33. The summed E-state index contributed by atoms with van der Waals surface area (Å²) in [4.78, 5) is 15.2. The molecule has 0 atom stereocenters. The molecule has 24 heavy (non-hydrogen) atoms. The average Bonchev–Trinajstić information content (AvgIpc) is 2.78. The standard InChI is InChI=1S/C21H20FNO/c22-19-3-1-2-17-16-9-8-15(12-18(16)21(24)20(17)19)23-11-10-13-4-6-14(23)7-5-13/h1-3,8-9,12-14H,4-7,10-11H2. The Morgan fingerprint density at radius 2 is 1.75 bits per heavy atom. The summed E-state index contributed by atoms with van der Waals surface area (Å²) in [5.74, 6) is 0.295. The first-order chi connectivity index (χ1) is 11.7. The van der Waals surface area contributed by atoms with Crippen LogP contribution >= 0.6 is 0 Å². The van der Waals surface area contributed by atoms with Crippen molar-refractivity contribution in [2.24, 2.45) is 5.92 Å². The average molecular weight is 321 g/mol. The number of hydrogen-bond donors (Lipinski definition) is 0. The van der Waals surface area contributed by atoms with E-state index in [0.29, 0.717) is 11.6 Å². The molecular weight excluding hydrogens is 301 g/mol. The van der Waals surface area contributed by atoms with Crippen LogP contribution in [0.25, 0.3) is 11.1 Å². The van der Waals surface area contributed by atoms with Gasteiger partial charge in [0.2, 0.25) is 0 Å². The predicted octanol–water partition coefficient (Wildman–Crippen LogP) is 4.81. The summed E-state index contributed by atoms with van der Waals surface area (Å²) in [5.41, 5.74) is 3.63. The number of benzene rings is 2. The van der Waals surface area contributed by atoms with Gasteiger partial charge in [-0.15, -0.1) is 0 Å². The van der Waals surface area contributed by atoms with Gasteiger partial charge in [-0.3, -0.25) is 4.79 Å². The summed E-state index contributed by atoms with van der Waals surface area (Å²) >= 11 is 0. The Hall–Kier alpha value is -2.16. The Kier molecular flexibility index (Phi) is 3.06. The highest BCUT2D eigenvalue weighted by Crippen LogP contribution is 2.42. The maximum absolute atomic E-state index is 14.1. The molecular formula is C21H20FNO. The molecule has 0 unspecified atom stereocenters. The molecule has 0 radical (unpaired) electrons. The van der Waals surface area contributed by atoms with Gasteiger partial charge in [0.05, 0.1) is 5.56 Å². The molecule has 6 rings (SSSR count). The van der Waals surface area contributed by atoms with Crippen LogP contribution in [0.3, 0.4) is 0 Å². The molecule has 4 aliphatic rings. The summed E-state index contributed by atoms with van der Waals surface area (Å²) < 4.78 is 14.1. The molecule has 0 spiro atoms. The molecule has 2 heterocycles. The molecule has 2 aliphatic carbocycles. The van der Waals surface area contributed by atoms with Crippen LogP contribution < -0.4 is 4.90 Å². The highest BCUT2D eigenvalue weighted by Gasteiger charge is 2.33. The van der Waals surface area contributed by atoms with Crippen molar-refractivity contribution in [3.8, 4) is 11.1 Å². The molecule has 3 heteroatoms. The molecule has 0 amide bonds. The zero-order chi connectivity index (χ0) is 16.3. The second-order valence-corrected chi connectivity index (χ2v) is 7.38. The fourth-order valence-corrected chi connectivity index (χ4v) is 4.84. The maximum atomic E-state index is 14.1. The van der Waals surface area contributed by atoms with E-state index >= 15 is 0 Å². The number of nitrogens with zero attached hydrogens (tertiary/aromatic N) is 1. The van der Waals surface area contributed by atoms with Crippen LogP contribution in [0.15, 0.2) is 36.4 Å². The molecule has 2 saturated heterocycles. The lowest BCUT2D eigenvalue weighted by molar-refractivity contribution is 0.104. The van der Waals surface area contributed by atoms with Crippen molar-refractivity contribution in [3.63, 3.8) is 0 Å². The number of carbonyl (C=O) groups is 1. The number of hydrogen-bond acceptors (Lipinski definition) is 2. The van der Waals surface area contributed by atoms with Gasteiger partial charge < -0.3 is 4.90 Å². The Bertz CT molecular complexity index is 836. The van der Waals surface area contributed by atoms with Crippen LogP contribution in [-0.2, 0) is 0 Å². The van der Waals surface area contributed by atoms with Crippen LogP contribution in [0, 0.1) is 11.7 Å². The first kappa shape index (κ1) is 14.2. The van der Waals surface area contributed by atoms with Gasteiger partial charge >= 0.3 is 0 Å². The SMILES string of the molecule is O=C1c2cc(N3CCC4CCC3CC4)ccc2-c2cccc(F)c21. The molecule has 1 saturated carbocycles. The molecule has 2 bridgehead atoms. The minimum absolute atomic E-state index is 0.168. The predicted molar refractivity (Wildman–Crippen MR) is 93.0 cm³/mol. The van der Waals surface area contributed by atoms with Crippen molar-refractivity contribution < 1.29 is 9.18 Å². The molecule has 2 aromatic carbocycles. The molecule has 2 aliphatic heterocycles. The van der Waals surface area contributed by atoms with Crippen LogP contribution in [-0.4, -0.2) is 18.4 Å². The summed E-state index contributed by atoms with van der Waals surface area (Å²) in [7, 11) is 0. The molecule has 2 aromatic rings. The monoisotopic (exact) mass is 321 g/mol. The number of rotatable bonds is 1. The lowest BCUT2D eigenvalue weighted by Crippen LogP contribution is -2.34. The van der Waals surface area contributed by atoms with Crippen molar-refractivity contribution in [1.82, 2.24) is 0 Å². The fourth-order valence-electron chi connectivity index (χ4n) is 4.84. The van der Waals surface area contributed by atoms with E-state index in [1.54, 1.807) is 6.07 Å². The van der Waals surface area contributed by atoms with Crippen molar-refractivity contribution in [1.29, 1.82) is 0 Å². The van der Waals surface area contributed by atoms with Gasteiger partial charge in [0.1, 0.15) is 5.82 Å². The van der Waals surface area contributed by atoms with Gasteiger partial charge in [-0.2, -0.15) is 0 Å². The zero-order valence-corrected chi connectivity index (χ0v) is 13.6. The summed E-state index contributed by atoms with van der Waals surface area (Å²) in [6.07, 6.45) is 6.43. The third-order valence-electron chi connectivity index (χ3n) is 6.15. The first-order valence-corrected chi connectivity index (χ1v) is 8.96. The maximum Gasteiger partial charge on any atom is 0.197 e. The minimum atomic E-state index is -0.413. The normalized spacial score (nSPS) is 24.7. The highest BCUT2D eigenvalue weighted by atomic mass is 19.1. The van der Waals surface area contributed by atoms with Crippen molar-refractivity contribution in [3.05, 3.63) is 53.3 Å². The highest BCUT2D eigenvalue weighted by molar-refractivity contribution is 6.22. The topological polar surface area (TPSA) is 20.3 Å². The van der Waals surface area contributed by atoms with E-state index < -0.39 is 5.82 Å². The second kappa shape index (κ2) is 5.17. The summed E-state index contributed by atoms with van der Waals surface area (Å²) in [6.45, 7) is 1.07. The van der Waals surface area contributed by atoms with Crippen LogP contribution in [0.4, 0.5) is 10.1 Å². The number of fused-ring (bicyclic) bond motifs is 7. The number of carbonyl (C=O) groups excluding carboxylic acids is 1. The van der Waals surface area contributed by atoms with Gasteiger partial charge in [-0.25, -0.2) is 4.39 Å². The van der Waals surface area contributed by atoms with Gasteiger partial charge in [0.15, 0.2) is 5.78 Å². The van der Waals surface area contributed by atoms with E-state index in [2.05, 4.69) is 11.0 Å². The molecule has 2 nitrogen and oxygen atoms in total. The molecule has 0 N–H and O–H groups in total. The van der Waals surface area contributed by atoms with Gasteiger partial charge in [0, 0.05) is 23.8 Å². The second-order valence-electron chi connectivity index (χ2n) is 7.38. The summed E-state index contributed by atoms with van der Waals surface area (Å²) in [6, 6.07) is 11.6. The number of ketones is 1. The third-order valence-corrected chi connectivity index (χ3v) is 6.15. The van der Waals surface area contributed by atoms with E-state index in [-0.39, 0.29) is 11.3 Å². The Morgan fingerprint density at radius 1 is 0.917 bits per heavy atom. The van der Waals surface area contributed by atoms with Crippen molar-refractivity contribution in [2.45, 2.75) is 38.1 Å². The molecule has 0 aromatic heterocycles. The first-order valence-electron chi connectivity index (χ1n) is 8.96. The minimum Gasteiger partial charge on any atom is -0.369 e. The van der Waals surface area contributed by atoms with E-state index in [1.165, 1.54) is 38.2 Å². The van der Waals surface area contributed by atoms with Crippen LogP contribution in [0.5, 0.6) is 0 Å². The number of anilines is 1. The summed E-state index contributed by atoms with van der Waals surface area (Å²) in [5, 5.41) is 0. The van der Waals surface area contributed by atoms with E-state index in [1.807, 2.05) is 18.2 Å². The van der Waals surface area contributed by atoms with Gasteiger partial charge in [-0.1, -0.05) is 18.2 Å². The smallest absolute Gasteiger partial charge is 0.197 e. The zero-order valence-electron chi connectivity index (χ0n) is 13.6. The largest absolute Gasteiger partial charge is 0.369 e. The Labute approximate surface area is 141 Å². The molecule has 122 valence electrons. The van der Waals surface area contributed by atoms with E-state index in [4.69, 9.17) is 0 Å². The third kappa shape index (κ3) is 1.97. The fraction of sp³-hybridized carbons (Fsp3) is 0.381. The number of halogens is 1. The van der Waals surface area contributed by atoms with Crippen molar-refractivity contribution in [2.75, 3.05) is 11.4 Å².